The van der Waals surface area contributed by atoms with Crippen LogP contribution in [0.3, 0.4) is 0 Å². The Bertz CT molecular complexity index is 617. The zero-order valence-corrected chi connectivity index (χ0v) is 10.8. The van der Waals surface area contributed by atoms with Gasteiger partial charge in [0.05, 0.1) is 12.7 Å². The van der Waals surface area contributed by atoms with E-state index in [1.54, 1.807) is 30.3 Å². The molecule has 0 aliphatic rings. The van der Waals surface area contributed by atoms with Crippen molar-refractivity contribution in [1.82, 2.24) is 4.98 Å². The smallest absolute Gasteiger partial charge is 0.260 e. The van der Waals surface area contributed by atoms with Crippen LogP contribution in [-0.4, -0.2) is 23.1 Å². The Labute approximate surface area is 114 Å². The average molecular weight is 279 g/mol. The van der Waals surface area contributed by atoms with Gasteiger partial charge < -0.3 is 15.2 Å². The maximum Gasteiger partial charge on any atom is 0.260 e. The number of aromatic nitrogens is 1. The molecule has 0 saturated heterocycles. The van der Waals surface area contributed by atoms with E-state index in [2.05, 4.69) is 10.3 Å². The van der Waals surface area contributed by atoms with Crippen LogP contribution in [0, 0.1) is 0 Å². The molecule has 0 fully saturated rings. The Balaban J connectivity index is 2.25. The number of phenolic OH excluding ortho intramolecular Hbond substituents is 1. The molecule has 0 unspecified atom stereocenters. The van der Waals surface area contributed by atoms with E-state index in [1.165, 1.54) is 13.2 Å². The number of hydrogen-bond donors (Lipinski definition) is 2. The minimum atomic E-state index is -0.494. The predicted octanol–water partition coefficient (Wildman–Crippen LogP) is 2.70. The first-order valence-electron chi connectivity index (χ1n) is 5.41. The van der Waals surface area contributed by atoms with E-state index in [0.29, 0.717) is 5.82 Å². The quantitative estimate of drug-likeness (QED) is 0.847. The van der Waals surface area contributed by atoms with Crippen molar-refractivity contribution in [1.29, 1.82) is 0 Å². The molecular formula is C13H11ClN2O3. The fraction of sp³-hybridized carbons (Fsp3) is 0.0769. The van der Waals surface area contributed by atoms with Crippen molar-refractivity contribution >= 4 is 23.3 Å². The summed E-state index contributed by atoms with van der Waals surface area (Å²) in [7, 11) is 1.41. The molecule has 0 aliphatic carbocycles. The normalized spacial score (nSPS) is 10.0. The average Bonchev–Trinajstić information content (AvgIpc) is 2.39. The number of carbonyl (C=O) groups is 1. The number of carbonyl (C=O) groups excluding carboxylic acids is 1. The molecule has 1 aromatic carbocycles. The number of halogens is 1. The zero-order chi connectivity index (χ0) is 13.8. The van der Waals surface area contributed by atoms with Gasteiger partial charge >= 0.3 is 0 Å². The van der Waals surface area contributed by atoms with Crippen molar-refractivity contribution in [3.63, 3.8) is 0 Å². The van der Waals surface area contributed by atoms with Crippen LogP contribution in [0.1, 0.15) is 10.4 Å². The molecule has 0 bridgehead atoms. The molecule has 1 aromatic heterocycles. The van der Waals surface area contributed by atoms with Gasteiger partial charge in [0.2, 0.25) is 0 Å². The molecule has 2 aromatic rings. The lowest BCUT2D eigenvalue weighted by atomic mass is 10.1. The number of anilines is 1. The molecule has 0 aliphatic heterocycles. The van der Waals surface area contributed by atoms with Gasteiger partial charge in [0.15, 0.2) is 11.5 Å². The molecule has 98 valence electrons. The summed E-state index contributed by atoms with van der Waals surface area (Å²) in [4.78, 5) is 15.9. The summed E-state index contributed by atoms with van der Waals surface area (Å²) < 4.78 is 4.94. The summed E-state index contributed by atoms with van der Waals surface area (Å²) in [5.74, 6) is -0.179. The molecule has 19 heavy (non-hydrogen) atoms. The zero-order valence-electron chi connectivity index (χ0n) is 10.1. The summed E-state index contributed by atoms with van der Waals surface area (Å²) in [5.41, 5.74) is 0.0983. The van der Waals surface area contributed by atoms with Gasteiger partial charge in [-0.05, 0) is 24.3 Å². The fourth-order valence-electron chi connectivity index (χ4n) is 1.53. The van der Waals surface area contributed by atoms with Gasteiger partial charge in [-0.3, -0.25) is 4.79 Å². The number of nitrogens with one attached hydrogen (secondary N) is 1. The SMILES string of the molecule is COc1cccc(C(=O)Nc2cccc(Cl)n2)c1O. The van der Waals surface area contributed by atoms with E-state index in [4.69, 9.17) is 16.3 Å². The van der Waals surface area contributed by atoms with Gasteiger partial charge in [-0.1, -0.05) is 23.7 Å². The highest BCUT2D eigenvalue weighted by Crippen LogP contribution is 2.29. The number of pyridine rings is 1. The van der Waals surface area contributed by atoms with Crippen molar-refractivity contribution in [3.05, 3.63) is 47.1 Å². The van der Waals surface area contributed by atoms with Gasteiger partial charge in [0.25, 0.3) is 5.91 Å². The third kappa shape index (κ3) is 2.95. The highest BCUT2D eigenvalue weighted by Gasteiger charge is 2.15. The minimum Gasteiger partial charge on any atom is -0.504 e. The van der Waals surface area contributed by atoms with E-state index >= 15 is 0 Å². The Kier molecular flexibility index (Phi) is 3.87. The summed E-state index contributed by atoms with van der Waals surface area (Å²) in [6, 6.07) is 9.51. The fourth-order valence-corrected chi connectivity index (χ4v) is 1.70. The summed E-state index contributed by atoms with van der Waals surface area (Å²) in [6.45, 7) is 0. The molecule has 2 rings (SSSR count). The van der Waals surface area contributed by atoms with Crippen LogP contribution in [0.2, 0.25) is 5.15 Å². The second-order valence-corrected chi connectivity index (χ2v) is 4.04. The van der Waals surface area contributed by atoms with Gasteiger partial charge in [0, 0.05) is 0 Å². The van der Waals surface area contributed by atoms with Crippen molar-refractivity contribution < 1.29 is 14.6 Å². The third-order valence-electron chi connectivity index (χ3n) is 2.42. The number of hydrogen-bond acceptors (Lipinski definition) is 4. The first-order valence-corrected chi connectivity index (χ1v) is 5.79. The van der Waals surface area contributed by atoms with Crippen LogP contribution >= 0.6 is 11.6 Å². The molecule has 0 spiro atoms. The number of aromatic hydroxyl groups is 1. The molecule has 0 radical (unpaired) electrons. The first-order chi connectivity index (χ1) is 9.11. The lowest BCUT2D eigenvalue weighted by Crippen LogP contribution is -2.13. The number of phenols is 1. The largest absolute Gasteiger partial charge is 0.504 e. The number of para-hydroxylation sites is 1. The predicted molar refractivity (Wildman–Crippen MR) is 71.9 cm³/mol. The second-order valence-electron chi connectivity index (χ2n) is 3.66. The van der Waals surface area contributed by atoms with Crippen molar-refractivity contribution in [2.24, 2.45) is 0 Å². The minimum absolute atomic E-state index is 0.0983. The van der Waals surface area contributed by atoms with Crippen LogP contribution in [0.15, 0.2) is 36.4 Å². The Hall–Kier alpha value is -2.27. The van der Waals surface area contributed by atoms with E-state index in [0.717, 1.165) is 0 Å². The van der Waals surface area contributed by atoms with E-state index in [-0.39, 0.29) is 22.2 Å². The molecule has 1 amide bonds. The van der Waals surface area contributed by atoms with Crippen molar-refractivity contribution in [2.75, 3.05) is 12.4 Å². The Morgan fingerprint density at radius 1 is 1.32 bits per heavy atom. The number of methoxy groups -OCH3 is 1. The maximum absolute atomic E-state index is 12.0. The van der Waals surface area contributed by atoms with E-state index < -0.39 is 5.91 Å². The number of rotatable bonds is 3. The van der Waals surface area contributed by atoms with Crippen molar-refractivity contribution in [2.45, 2.75) is 0 Å². The number of amides is 1. The first kappa shape index (κ1) is 13.2. The lowest BCUT2D eigenvalue weighted by Gasteiger charge is -2.09. The van der Waals surface area contributed by atoms with E-state index in [9.17, 15) is 9.90 Å². The van der Waals surface area contributed by atoms with Crippen LogP contribution in [0.5, 0.6) is 11.5 Å². The van der Waals surface area contributed by atoms with Crippen LogP contribution < -0.4 is 10.1 Å². The monoisotopic (exact) mass is 278 g/mol. The molecule has 2 N–H and O–H groups in total. The highest BCUT2D eigenvalue weighted by atomic mass is 35.5. The lowest BCUT2D eigenvalue weighted by molar-refractivity contribution is 0.102. The standard InChI is InChI=1S/C13H11ClN2O3/c1-19-9-5-2-4-8(12(9)17)13(18)16-11-7-3-6-10(14)15-11/h2-7,17H,1H3,(H,15,16,18). The number of nitrogens with zero attached hydrogens (tertiary/aromatic N) is 1. The van der Waals surface area contributed by atoms with Gasteiger partial charge in [0.1, 0.15) is 11.0 Å². The second kappa shape index (κ2) is 5.58. The number of benzene rings is 1. The summed E-state index contributed by atoms with van der Waals surface area (Å²) in [6.07, 6.45) is 0. The molecule has 0 saturated carbocycles. The Morgan fingerprint density at radius 3 is 2.74 bits per heavy atom. The highest BCUT2D eigenvalue weighted by molar-refractivity contribution is 6.29. The molecule has 6 heteroatoms. The van der Waals surface area contributed by atoms with Gasteiger partial charge in [-0.2, -0.15) is 0 Å². The topological polar surface area (TPSA) is 71.5 Å². The molecule has 1 heterocycles. The summed E-state index contributed by atoms with van der Waals surface area (Å²) in [5, 5.41) is 12.7. The summed E-state index contributed by atoms with van der Waals surface area (Å²) >= 11 is 5.72. The number of ether oxygens (including phenoxy) is 1. The third-order valence-corrected chi connectivity index (χ3v) is 2.63. The van der Waals surface area contributed by atoms with Crippen LogP contribution in [-0.2, 0) is 0 Å². The molecule has 5 nitrogen and oxygen atoms in total. The van der Waals surface area contributed by atoms with Crippen LogP contribution in [0.25, 0.3) is 0 Å². The van der Waals surface area contributed by atoms with Gasteiger partial charge in [-0.15, -0.1) is 0 Å². The van der Waals surface area contributed by atoms with Crippen molar-refractivity contribution in [3.8, 4) is 11.5 Å². The Morgan fingerprint density at radius 2 is 2.05 bits per heavy atom. The van der Waals surface area contributed by atoms with Crippen LogP contribution in [0.4, 0.5) is 5.82 Å². The maximum atomic E-state index is 12.0. The molecule has 0 atom stereocenters. The van der Waals surface area contributed by atoms with E-state index in [1.807, 2.05) is 0 Å². The van der Waals surface area contributed by atoms with Gasteiger partial charge in [-0.25, -0.2) is 4.98 Å². The molecular weight excluding hydrogens is 268 g/mol.